The fraction of sp³-hybridized carbons (Fsp3) is 1.00. The molecular weight excluding hydrogens is 160 g/mol. The van der Waals surface area contributed by atoms with E-state index in [4.69, 9.17) is 0 Å². The number of nitrogens with zero attached hydrogens (tertiary/aromatic N) is 1. The Balaban J connectivity index is 2.03. The third-order valence-electron chi connectivity index (χ3n) is 2.88. The average Bonchev–Trinajstić information content (AvgIpc) is 2.17. The number of nitrogens with one attached hydrogen (secondary N) is 1. The maximum atomic E-state index is 3.46. The third-order valence-corrected chi connectivity index (χ3v) is 2.88. The second kappa shape index (κ2) is 6.39. The zero-order chi connectivity index (χ0) is 9.52. The molecule has 2 nitrogen and oxygen atoms in total. The van der Waals surface area contributed by atoms with Crippen LogP contribution in [-0.4, -0.2) is 37.1 Å². The zero-order valence-electron chi connectivity index (χ0n) is 9.18. The van der Waals surface area contributed by atoms with Gasteiger partial charge in [0.25, 0.3) is 0 Å². The topological polar surface area (TPSA) is 15.3 Å². The minimum absolute atomic E-state index is 0.687. The monoisotopic (exact) mass is 184 g/mol. The summed E-state index contributed by atoms with van der Waals surface area (Å²) in [5, 5.41) is 3.46. The van der Waals surface area contributed by atoms with Gasteiger partial charge in [0.05, 0.1) is 0 Å². The summed E-state index contributed by atoms with van der Waals surface area (Å²) in [6.45, 7) is 9.51. The van der Waals surface area contributed by atoms with E-state index >= 15 is 0 Å². The molecule has 0 bridgehead atoms. The molecule has 1 saturated heterocycles. The van der Waals surface area contributed by atoms with Crippen molar-refractivity contribution in [1.82, 2.24) is 10.2 Å². The zero-order valence-corrected chi connectivity index (χ0v) is 9.18. The van der Waals surface area contributed by atoms with Crippen molar-refractivity contribution in [3.63, 3.8) is 0 Å². The number of hydrogen-bond donors (Lipinski definition) is 1. The van der Waals surface area contributed by atoms with Crippen LogP contribution in [0, 0.1) is 0 Å². The van der Waals surface area contributed by atoms with Gasteiger partial charge < -0.3 is 10.2 Å². The molecule has 0 amide bonds. The maximum Gasteiger partial charge on any atom is 0.00507 e. The lowest BCUT2D eigenvalue weighted by atomic mass is 10.1. The molecule has 0 aromatic heterocycles. The third kappa shape index (κ3) is 4.63. The molecule has 0 radical (unpaired) electrons. The van der Waals surface area contributed by atoms with Gasteiger partial charge in [0, 0.05) is 6.04 Å². The van der Waals surface area contributed by atoms with Gasteiger partial charge in [-0.15, -0.1) is 0 Å². The van der Waals surface area contributed by atoms with Crippen LogP contribution in [0.4, 0.5) is 0 Å². The highest BCUT2D eigenvalue weighted by Crippen LogP contribution is 2.09. The van der Waals surface area contributed by atoms with E-state index in [2.05, 4.69) is 24.1 Å². The molecule has 2 heteroatoms. The Kier molecular flexibility index (Phi) is 5.40. The molecule has 1 heterocycles. The fourth-order valence-corrected chi connectivity index (χ4v) is 2.01. The summed E-state index contributed by atoms with van der Waals surface area (Å²) in [7, 11) is 0. The summed E-state index contributed by atoms with van der Waals surface area (Å²) < 4.78 is 0. The number of hydrogen-bond acceptors (Lipinski definition) is 2. The van der Waals surface area contributed by atoms with E-state index in [1.54, 1.807) is 0 Å². The normalized spacial score (nSPS) is 21.7. The second-order valence-corrected chi connectivity index (χ2v) is 4.15. The summed E-state index contributed by atoms with van der Waals surface area (Å²) in [4.78, 5) is 2.61. The Morgan fingerprint density at radius 3 is 2.54 bits per heavy atom. The van der Waals surface area contributed by atoms with E-state index in [0.717, 1.165) is 6.54 Å². The highest BCUT2D eigenvalue weighted by molar-refractivity contribution is 4.67. The summed E-state index contributed by atoms with van der Waals surface area (Å²) >= 11 is 0. The molecule has 1 fully saturated rings. The molecule has 0 saturated carbocycles. The lowest BCUT2D eigenvalue weighted by Gasteiger charge is -2.27. The first-order valence-corrected chi connectivity index (χ1v) is 5.78. The Bertz CT molecular complexity index is 119. The van der Waals surface area contributed by atoms with Gasteiger partial charge in [-0.2, -0.15) is 0 Å². The quantitative estimate of drug-likeness (QED) is 0.701. The Morgan fingerprint density at radius 1 is 1.23 bits per heavy atom. The first-order chi connectivity index (χ1) is 6.33. The van der Waals surface area contributed by atoms with Crippen molar-refractivity contribution >= 4 is 0 Å². The van der Waals surface area contributed by atoms with Crippen molar-refractivity contribution in [2.24, 2.45) is 0 Å². The molecule has 1 aliphatic rings. The molecule has 13 heavy (non-hydrogen) atoms. The smallest absolute Gasteiger partial charge is 0.00507 e. The molecule has 1 atom stereocenters. The van der Waals surface area contributed by atoms with E-state index in [9.17, 15) is 0 Å². The summed E-state index contributed by atoms with van der Waals surface area (Å²) in [6.07, 6.45) is 5.57. The first-order valence-electron chi connectivity index (χ1n) is 5.78. The Labute approximate surface area is 82.7 Å². The SMILES string of the molecule is CCNC(C)CCN1CCCCC1. The molecule has 0 aliphatic carbocycles. The second-order valence-electron chi connectivity index (χ2n) is 4.15. The number of likely N-dealkylation sites (tertiary alicyclic amines) is 1. The molecule has 0 spiro atoms. The van der Waals surface area contributed by atoms with Crippen LogP contribution in [0.15, 0.2) is 0 Å². The fourth-order valence-electron chi connectivity index (χ4n) is 2.01. The summed E-state index contributed by atoms with van der Waals surface area (Å²) in [6, 6.07) is 0.687. The van der Waals surface area contributed by atoms with Crippen molar-refractivity contribution in [2.75, 3.05) is 26.2 Å². The average molecular weight is 184 g/mol. The lowest BCUT2D eigenvalue weighted by Crippen LogP contribution is -2.35. The van der Waals surface area contributed by atoms with Crippen LogP contribution in [0.2, 0.25) is 0 Å². The van der Waals surface area contributed by atoms with E-state index in [1.807, 2.05) is 0 Å². The summed E-state index contributed by atoms with van der Waals surface area (Å²) in [5.74, 6) is 0. The molecule has 1 unspecified atom stereocenters. The van der Waals surface area contributed by atoms with Gasteiger partial charge in [0.1, 0.15) is 0 Å². The van der Waals surface area contributed by atoms with E-state index < -0.39 is 0 Å². The Morgan fingerprint density at radius 2 is 1.92 bits per heavy atom. The van der Waals surface area contributed by atoms with Crippen LogP contribution < -0.4 is 5.32 Å². The number of piperidine rings is 1. The highest BCUT2D eigenvalue weighted by atomic mass is 15.1. The van der Waals surface area contributed by atoms with Crippen molar-refractivity contribution in [3.05, 3.63) is 0 Å². The van der Waals surface area contributed by atoms with Crippen LogP contribution >= 0.6 is 0 Å². The predicted molar refractivity (Wildman–Crippen MR) is 58.0 cm³/mol. The van der Waals surface area contributed by atoms with Gasteiger partial charge in [-0.1, -0.05) is 13.3 Å². The largest absolute Gasteiger partial charge is 0.314 e. The van der Waals surface area contributed by atoms with Gasteiger partial charge in [0.2, 0.25) is 0 Å². The van der Waals surface area contributed by atoms with Crippen LogP contribution in [0.5, 0.6) is 0 Å². The first kappa shape index (κ1) is 11.0. The molecule has 1 rings (SSSR count). The standard InChI is InChI=1S/C11H24N2/c1-3-12-11(2)7-10-13-8-5-4-6-9-13/h11-12H,3-10H2,1-2H3. The van der Waals surface area contributed by atoms with E-state index in [0.29, 0.717) is 6.04 Å². The van der Waals surface area contributed by atoms with E-state index in [1.165, 1.54) is 45.3 Å². The van der Waals surface area contributed by atoms with Gasteiger partial charge in [-0.05, 0) is 52.4 Å². The lowest BCUT2D eigenvalue weighted by molar-refractivity contribution is 0.219. The van der Waals surface area contributed by atoms with Crippen molar-refractivity contribution in [1.29, 1.82) is 0 Å². The van der Waals surface area contributed by atoms with Crippen molar-refractivity contribution in [2.45, 2.75) is 45.6 Å². The van der Waals surface area contributed by atoms with Gasteiger partial charge in [-0.3, -0.25) is 0 Å². The minimum atomic E-state index is 0.687. The molecule has 1 aliphatic heterocycles. The van der Waals surface area contributed by atoms with Gasteiger partial charge >= 0.3 is 0 Å². The maximum absolute atomic E-state index is 3.46. The summed E-state index contributed by atoms with van der Waals surface area (Å²) in [5.41, 5.74) is 0. The minimum Gasteiger partial charge on any atom is -0.314 e. The molecule has 0 aromatic carbocycles. The Hall–Kier alpha value is -0.0800. The number of rotatable bonds is 5. The van der Waals surface area contributed by atoms with Crippen LogP contribution in [0.3, 0.4) is 0 Å². The predicted octanol–water partition coefficient (Wildman–Crippen LogP) is 1.86. The molecule has 0 aromatic rings. The van der Waals surface area contributed by atoms with Crippen molar-refractivity contribution < 1.29 is 0 Å². The van der Waals surface area contributed by atoms with Crippen LogP contribution in [0.1, 0.15) is 39.5 Å². The van der Waals surface area contributed by atoms with Gasteiger partial charge in [-0.25, -0.2) is 0 Å². The van der Waals surface area contributed by atoms with E-state index in [-0.39, 0.29) is 0 Å². The molecule has 1 N–H and O–H groups in total. The van der Waals surface area contributed by atoms with Gasteiger partial charge in [0.15, 0.2) is 0 Å². The van der Waals surface area contributed by atoms with Crippen LogP contribution in [0.25, 0.3) is 0 Å². The molecular formula is C11H24N2. The highest BCUT2D eigenvalue weighted by Gasteiger charge is 2.10. The van der Waals surface area contributed by atoms with Crippen LogP contribution in [-0.2, 0) is 0 Å². The van der Waals surface area contributed by atoms with Crippen molar-refractivity contribution in [3.8, 4) is 0 Å². The molecule has 78 valence electrons.